The Balaban J connectivity index is 2.28. The van der Waals surface area contributed by atoms with Crippen LogP contribution >= 0.6 is 22.6 Å². The molecule has 0 spiro atoms. The molecule has 0 aliphatic rings. The Bertz CT molecular complexity index is 889. The number of benzene rings is 2. The molecule has 0 saturated heterocycles. The van der Waals surface area contributed by atoms with E-state index in [2.05, 4.69) is 6.07 Å². The van der Waals surface area contributed by atoms with E-state index in [0.717, 1.165) is 5.56 Å². The Kier molecular flexibility index (Phi) is 3.28. The fourth-order valence-corrected chi connectivity index (χ4v) is 2.71. The van der Waals surface area contributed by atoms with Crippen molar-refractivity contribution in [3.05, 3.63) is 67.9 Å². The lowest BCUT2D eigenvalue weighted by molar-refractivity contribution is 0.615. The summed E-state index contributed by atoms with van der Waals surface area (Å²) in [5.74, 6) is 0.541. The van der Waals surface area contributed by atoms with Crippen LogP contribution in [0.5, 0.6) is 0 Å². The first-order chi connectivity index (χ1) is 9.70. The van der Waals surface area contributed by atoms with Gasteiger partial charge in [0.1, 0.15) is 9.15 Å². The fraction of sp³-hybridized carbons (Fsp3) is 0. The Morgan fingerprint density at radius 1 is 1.05 bits per heavy atom. The van der Waals surface area contributed by atoms with Crippen LogP contribution in [0.1, 0.15) is 5.56 Å². The maximum absolute atomic E-state index is 12.3. The molecule has 0 fully saturated rings. The van der Waals surface area contributed by atoms with Gasteiger partial charge in [0.05, 0.1) is 17.0 Å². The molecule has 0 unspecified atom stereocenters. The molecule has 1 aromatic heterocycles. The highest BCUT2D eigenvalue weighted by Crippen LogP contribution is 2.27. The van der Waals surface area contributed by atoms with Gasteiger partial charge < -0.3 is 4.42 Å². The topological polar surface area (TPSA) is 54.0 Å². The van der Waals surface area contributed by atoms with E-state index in [0.29, 0.717) is 25.9 Å². The summed E-state index contributed by atoms with van der Waals surface area (Å²) in [6.45, 7) is 0. The SMILES string of the molecule is N#Cc1ccc(-c2oc3ccccc3c(=O)c2I)cc1. The number of halogens is 1. The summed E-state index contributed by atoms with van der Waals surface area (Å²) in [5, 5.41) is 9.39. The molecule has 0 saturated carbocycles. The van der Waals surface area contributed by atoms with Gasteiger partial charge in [-0.1, -0.05) is 12.1 Å². The van der Waals surface area contributed by atoms with Gasteiger partial charge in [0.2, 0.25) is 5.43 Å². The Hall–Kier alpha value is -2.13. The van der Waals surface area contributed by atoms with E-state index in [1.807, 2.05) is 34.7 Å². The van der Waals surface area contributed by atoms with E-state index in [-0.39, 0.29) is 5.43 Å². The van der Waals surface area contributed by atoms with Gasteiger partial charge in [-0.05, 0) is 59.0 Å². The van der Waals surface area contributed by atoms with Crippen LogP contribution in [0, 0.1) is 14.9 Å². The second kappa shape index (κ2) is 5.10. The van der Waals surface area contributed by atoms with Gasteiger partial charge in [-0.3, -0.25) is 4.79 Å². The van der Waals surface area contributed by atoms with Crippen molar-refractivity contribution in [2.75, 3.05) is 0 Å². The van der Waals surface area contributed by atoms with Crippen LogP contribution in [-0.4, -0.2) is 0 Å². The van der Waals surface area contributed by atoms with Crippen molar-refractivity contribution in [3.63, 3.8) is 0 Å². The van der Waals surface area contributed by atoms with Gasteiger partial charge in [0.25, 0.3) is 0 Å². The zero-order valence-electron chi connectivity index (χ0n) is 10.3. The van der Waals surface area contributed by atoms with Crippen LogP contribution in [0.15, 0.2) is 57.7 Å². The first-order valence-electron chi connectivity index (χ1n) is 5.92. The molecule has 3 rings (SSSR count). The average Bonchev–Trinajstić information content (AvgIpc) is 2.51. The molecular weight excluding hydrogens is 365 g/mol. The minimum absolute atomic E-state index is 0.0354. The van der Waals surface area contributed by atoms with Crippen molar-refractivity contribution in [2.24, 2.45) is 0 Å². The van der Waals surface area contributed by atoms with E-state index < -0.39 is 0 Å². The predicted octanol–water partition coefficient (Wildman–Crippen LogP) is 3.94. The Morgan fingerprint density at radius 3 is 2.45 bits per heavy atom. The van der Waals surface area contributed by atoms with Crippen LogP contribution in [0.4, 0.5) is 0 Å². The van der Waals surface area contributed by atoms with Gasteiger partial charge in [-0.15, -0.1) is 0 Å². The van der Waals surface area contributed by atoms with Crippen molar-refractivity contribution in [2.45, 2.75) is 0 Å². The molecular formula is C16H8INO2. The van der Waals surface area contributed by atoms with E-state index >= 15 is 0 Å². The summed E-state index contributed by atoms with van der Waals surface area (Å²) in [4.78, 5) is 12.3. The summed E-state index contributed by atoms with van der Waals surface area (Å²) >= 11 is 2.00. The van der Waals surface area contributed by atoms with Gasteiger partial charge in [-0.2, -0.15) is 5.26 Å². The van der Waals surface area contributed by atoms with Crippen LogP contribution < -0.4 is 5.43 Å². The standard InChI is InChI=1S/C16H8INO2/c17-14-15(19)12-3-1-2-4-13(12)20-16(14)11-7-5-10(9-18)6-8-11/h1-8H. The molecule has 3 nitrogen and oxygen atoms in total. The van der Waals surface area contributed by atoms with Gasteiger partial charge in [0, 0.05) is 5.56 Å². The third-order valence-corrected chi connectivity index (χ3v) is 4.00. The largest absolute Gasteiger partial charge is 0.455 e. The summed E-state index contributed by atoms with van der Waals surface area (Å²) in [7, 11) is 0. The van der Waals surface area contributed by atoms with Crippen molar-refractivity contribution in [1.82, 2.24) is 0 Å². The summed E-state index contributed by atoms with van der Waals surface area (Å²) in [6.07, 6.45) is 0. The van der Waals surface area contributed by atoms with E-state index in [1.54, 1.807) is 36.4 Å². The van der Waals surface area contributed by atoms with Gasteiger partial charge in [0.15, 0.2) is 5.76 Å². The summed E-state index contributed by atoms with van der Waals surface area (Å²) < 4.78 is 6.39. The highest BCUT2D eigenvalue weighted by atomic mass is 127. The molecule has 0 radical (unpaired) electrons. The van der Waals surface area contributed by atoms with Crippen molar-refractivity contribution < 1.29 is 4.42 Å². The summed E-state index contributed by atoms with van der Waals surface area (Å²) in [6, 6.07) is 16.2. The van der Waals surface area contributed by atoms with Crippen molar-refractivity contribution >= 4 is 33.6 Å². The molecule has 0 aliphatic heterocycles. The highest BCUT2D eigenvalue weighted by Gasteiger charge is 2.13. The maximum Gasteiger partial charge on any atom is 0.206 e. The molecule has 0 amide bonds. The van der Waals surface area contributed by atoms with E-state index in [9.17, 15) is 4.79 Å². The molecule has 20 heavy (non-hydrogen) atoms. The lowest BCUT2D eigenvalue weighted by Gasteiger charge is -2.06. The van der Waals surface area contributed by atoms with E-state index in [4.69, 9.17) is 9.68 Å². The zero-order valence-corrected chi connectivity index (χ0v) is 12.4. The normalized spacial score (nSPS) is 10.4. The molecule has 1 heterocycles. The lowest BCUT2D eigenvalue weighted by Crippen LogP contribution is -2.07. The number of para-hydroxylation sites is 1. The molecule has 0 bridgehead atoms. The number of hydrogen-bond donors (Lipinski definition) is 0. The second-order valence-electron chi connectivity index (χ2n) is 4.26. The molecule has 3 aromatic rings. The smallest absolute Gasteiger partial charge is 0.206 e. The van der Waals surface area contributed by atoms with Crippen LogP contribution in [-0.2, 0) is 0 Å². The molecule has 2 aromatic carbocycles. The third-order valence-electron chi connectivity index (χ3n) is 3.02. The van der Waals surface area contributed by atoms with Crippen molar-refractivity contribution in [1.29, 1.82) is 5.26 Å². The average molecular weight is 373 g/mol. The molecule has 0 atom stereocenters. The lowest BCUT2D eigenvalue weighted by atomic mass is 10.1. The highest BCUT2D eigenvalue weighted by molar-refractivity contribution is 14.1. The predicted molar refractivity (Wildman–Crippen MR) is 85.4 cm³/mol. The van der Waals surface area contributed by atoms with Gasteiger partial charge in [-0.25, -0.2) is 0 Å². The monoisotopic (exact) mass is 373 g/mol. The number of fused-ring (bicyclic) bond motifs is 1. The first kappa shape index (κ1) is 12.9. The van der Waals surface area contributed by atoms with Crippen molar-refractivity contribution in [3.8, 4) is 17.4 Å². The second-order valence-corrected chi connectivity index (χ2v) is 5.34. The van der Waals surface area contributed by atoms with Crippen LogP contribution in [0.2, 0.25) is 0 Å². The van der Waals surface area contributed by atoms with Gasteiger partial charge >= 0.3 is 0 Å². The first-order valence-corrected chi connectivity index (χ1v) is 7.00. The van der Waals surface area contributed by atoms with E-state index in [1.165, 1.54) is 0 Å². The maximum atomic E-state index is 12.3. The van der Waals surface area contributed by atoms with Crippen LogP contribution in [0.3, 0.4) is 0 Å². The molecule has 0 aliphatic carbocycles. The third kappa shape index (κ3) is 2.10. The molecule has 4 heteroatoms. The summed E-state index contributed by atoms with van der Waals surface area (Å²) in [5.41, 5.74) is 1.90. The number of nitriles is 1. The number of hydrogen-bond acceptors (Lipinski definition) is 3. The fourth-order valence-electron chi connectivity index (χ4n) is 2.00. The quantitative estimate of drug-likeness (QED) is 0.608. The Morgan fingerprint density at radius 2 is 1.75 bits per heavy atom. The minimum atomic E-state index is -0.0354. The zero-order chi connectivity index (χ0) is 14.1. The van der Waals surface area contributed by atoms with Crippen LogP contribution in [0.25, 0.3) is 22.3 Å². The molecule has 0 N–H and O–H groups in total. The molecule has 96 valence electrons. The number of nitrogens with zero attached hydrogens (tertiary/aromatic N) is 1. The number of rotatable bonds is 1. The minimum Gasteiger partial charge on any atom is -0.455 e. The Labute approximate surface area is 128 Å².